The molecule has 0 fully saturated rings. The topological polar surface area (TPSA) is 27.1 Å². The highest BCUT2D eigenvalue weighted by molar-refractivity contribution is 9.10. The molecule has 0 atom stereocenters. The summed E-state index contributed by atoms with van der Waals surface area (Å²) in [5.74, 6) is 0. The molecule has 2 aromatic rings. The van der Waals surface area contributed by atoms with Crippen molar-refractivity contribution in [2.24, 2.45) is 0 Å². The van der Waals surface area contributed by atoms with Crippen LogP contribution in [0.5, 0.6) is 0 Å². The van der Waals surface area contributed by atoms with Gasteiger partial charge in [0.15, 0.2) is 0 Å². The van der Waals surface area contributed by atoms with E-state index in [0.29, 0.717) is 6.73 Å². The lowest BCUT2D eigenvalue weighted by Gasteiger charge is -2.26. The van der Waals surface area contributed by atoms with Crippen molar-refractivity contribution in [1.29, 1.82) is 0 Å². The number of rotatable bonds is 6. The third kappa shape index (κ3) is 4.41. The second-order valence-electron chi connectivity index (χ2n) is 6.15. The maximum absolute atomic E-state index is 5.74. The molecule has 1 heterocycles. The third-order valence-corrected chi connectivity index (χ3v) is 5.83. The highest BCUT2D eigenvalue weighted by Crippen LogP contribution is 2.25. The largest absolute Gasteiger partial charge is 0.362 e. The smallest absolute Gasteiger partial charge is 0.139 e. The highest BCUT2D eigenvalue weighted by Gasteiger charge is 2.07. The van der Waals surface area contributed by atoms with E-state index < -0.39 is 8.07 Å². The van der Waals surface area contributed by atoms with Crippen LogP contribution >= 0.6 is 31.9 Å². The van der Waals surface area contributed by atoms with Gasteiger partial charge in [-0.2, -0.15) is 24.7 Å². The summed E-state index contributed by atoms with van der Waals surface area (Å²) in [6, 6.07) is 5.37. The Bertz CT molecular complexity index is 593. The van der Waals surface area contributed by atoms with Gasteiger partial charge in [-0.25, -0.2) is 4.68 Å². The maximum Gasteiger partial charge on any atom is 0.139 e. The summed E-state index contributed by atoms with van der Waals surface area (Å²) in [7, 11) is -1.02. The molecule has 0 bridgehead atoms. The van der Waals surface area contributed by atoms with Gasteiger partial charge in [-0.05, 0) is 17.7 Å². The SMILES string of the molecule is C[Si-](C)(C)CCOCn1cc2cc(Br)cc(CBr)c2n1. The molecule has 0 spiro atoms. The van der Waals surface area contributed by atoms with Gasteiger partial charge in [0.2, 0.25) is 0 Å². The van der Waals surface area contributed by atoms with E-state index >= 15 is 0 Å². The minimum atomic E-state index is -1.02. The van der Waals surface area contributed by atoms with Crippen molar-refractivity contribution in [1.82, 2.24) is 9.78 Å². The Balaban J connectivity index is 2.05. The van der Waals surface area contributed by atoms with Crippen molar-refractivity contribution < 1.29 is 4.74 Å². The van der Waals surface area contributed by atoms with Crippen LogP contribution in [-0.2, 0) is 16.8 Å². The molecular weight excluding hydrogens is 400 g/mol. The molecule has 0 unspecified atom stereocenters. The first-order valence-corrected chi connectivity index (χ1v) is 12.3. The first kappa shape index (κ1) is 16.2. The molecule has 0 saturated carbocycles. The minimum absolute atomic E-state index is 0.526. The molecule has 2 rings (SSSR count). The van der Waals surface area contributed by atoms with Crippen molar-refractivity contribution in [3.63, 3.8) is 0 Å². The van der Waals surface area contributed by atoms with Gasteiger partial charge in [-0.15, -0.1) is 14.1 Å². The zero-order valence-corrected chi connectivity index (χ0v) is 16.3. The molecule has 0 aliphatic rings. The Labute approximate surface area is 138 Å². The lowest BCUT2D eigenvalue weighted by atomic mass is 10.2. The number of ether oxygens (including phenoxy) is 1. The summed E-state index contributed by atoms with van der Waals surface area (Å²) in [5, 5.41) is 6.55. The van der Waals surface area contributed by atoms with Gasteiger partial charge >= 0.3 is 0 Å². The molecule has 111 valence electrons. The lowest BCUT2D eigenvalue weighted by molar-refractivity contribution is 0.0791. The van der Waals surface area contributed by atoms with E-state index in [2.05, 4.69) is 68.7 Å². The number of hydrogen-bond donors (Lipinski definition) is 0. The Hall–Kier alpha value is -0.173. The predicted octanol–water partition coefficient (Wildman–Crippen LogP) is 5.01. The van der Waals surface area contributed by atoms with Gasteiger partial charge < -0.3 is 4.74 Å². The number of nitrogens with zero attached hydrogens (tertiary/aromatic N) is 2. The highest BCUT2D eigenvalue weighted by atomic mass is 79.9. The third-order valence-electron chi connectivity index (χ3n) is 3.06. The Kier molecular flexibility index (Phi) is 5.45. The molecular formula is C14H20Br2N2OSi-. The number of hydrogen-bond acceptors (Lipinski definition) is 2. The minimum Gasteiger partial charge on any atom is -0.362 e. The summed E-state index contributed by atoms with van der Waals surface area (Å²) in [4.78, 5) is 0. The van der Waals surface area contributed by atoms with E-state index in [4.69, 9.17) is 4.74 Å². The van der Waals surface area contributed by atoms with Crippen molar-refractivity contribution in [3.8, 4) is 0 Å². The van der Waals surface area contributed by atoms with E-state index in [1.54, 1.807) is 0 Å². The second-order valence-corrected chi connectivity index (χ2v) is 13.3. The first-order chi connectivity index (χ1) is 9.39. The lowest BCUT2D eigenvalue weighted by Crippen LogP contribution is -2.22. The monoisotopic (exact) mass is 418 g/mol. The first-order valence-electron chi connectivity index (χ1n) is 6.68. The van der Waals surface area contributed by atoms with Crippen molar-refractivity contribution >= 4 is 50.8 Å². The van der Waals surface area contributed by atoms with Crippen LogP contribution in [0.3, 0.4) is 0 Å². The van der Waals surface area contributed by atoms with E-state index in [-0.39, 0.29) is 0 Å². The fraction of sp³-hybridized carbons (Fsp3) is 0.500. The van der Waals surface area contributed by atoms with Gasteiger partial charge in [-0.1, -0.05) is 31.9 Å². The number of fused-ring (bicyclic) bond motifs is 1. The zero-order chi connectivity index (χ0) is 14.8. The van der Waals surface area contributed by atoms with Gasteiger partial charge in [0, 0.05) is 28.0 Å². The average Bonchev–Trinajstić information content (AvgIpc) is 2.75. The van der Waals surface area contributed by atoms with Crippen molar-refractivity contribution in [3.05, 3.63) is 28.4 Å². The Morgan fingerprint density at radius 2 is 2.05 bits per heavy atom. The van der Waals surface area contributed by atoms with Crippen molar-refractivity contribution in [2.75, 3.05) is 6.61 Å². The molecule has 20 heavy (non-hydrogen) atoms. The molecule has 1 aromatic heterocycles. The molecule has 0 aliphatic carbocycles. The Morgan fingerprint density at radius 1 is 1.30 bits per heavy atom. The van der Waals surface area contributed by atoms with Crippen LogP contribution in [0.25, 0.3) is 10.9 Å². The van der Waals surface area contributed by atoms with Crippen LogP contribution in [0.15, 0.2) is 22.8 Å². The molecule has 0 saturated heterocycles. The number of alkyl halides is 1. The summed E-state index contributed by atoms with van der Waals surface area (Å²) in [6.07, 6.45) is 2.04. The van der Waals surface area contributed by atoms with E-state index in [0.717, 1.165) is 27.3 Å². The van der Waals surface area contributed by atoms with E-state index in [1.807, 2.05) is 10.9 Å². The fourth-order valence-electron chi connectivity index (χ4n) is 1.92. The summed E-state index contributed by atoms with van der Waals surface area (Å²) >= 11 is 7.05. The molecule has 1 aromatic carbocycles. The van der Waals surface area contributed by atoms with E-state index in [1.165, 1.54) is 11.6 Å². The summed E-state index contributed by atoms with van der Waals surface area (Å²) < 4.78 is 8.71. The van der Waals surface area contributed by atoms with E-state index in [9.17, 15) is 0 Å². The molecule has 6 heteroatoms. The number of aromatic nitrogens is 2. The van der Waals surface area contributed by atoms with Gasteiger partial charge in [0.25, 0.3) is 0 Å². The van der Waals surface area contributed by atoms with Crippen LogP contribution in [0, 0.1) is 0 Å². The molecule has 0 N–H and O–H groups in total. The average molecular weight is 420 g/mol. The van der Waals surface area contributed by atoms with Gasteiger partial charge in [0.05, 0.1) is 5.52 Å². The molecule has 0 radical (unpaired) electrons. The maximum atomic E-state index is 5.74. The standard InChI is InChI=1S/C14H20Br2N2OSi/c1-20(2,3)5-4-19-10-18-9-12-7-13(16)6-11(8-15)14(12)17-18/h6-7,9H,4-5,8,10H2,1-3H3/q-1. The normalized spacial score (nSPS) is 12.2. The Morgan fingerprint density at radius 3 is 2.70 bits per heavy atom. The van der Waals surface area contributed by atoms with Crippen LogP contribution in [0.2, 0.25) is 25.7 Å². The predicted molar refractivity (Wildman–Crippen MR) is 94.2 cm³/mol. The van der Waals surface area contributed by atoms with Crippen LogP contribution < -0.4 is 0 Å². The van der Waals surface area contributed by atoms with Crippen LogP contribution in [-0.4, -0.2) is 24.5 Å². The fourth-order valence-corrected chi connectivity index (χ4v) is 3.63. The molecule has 0 aliphatic heterocycles. The number of halogens is 2. The zero-order valence-electron chi connectivity index (χ0n) is 12.1. The summed E-state index contributed by atoms with van der Waals surface area (Å²) in [6.45, 7) is 8.43. The number of benzene rings is 1. The van der Waals surface area contributed by atoms with Gasteiger partial charge in [-0.3, -0.25) is 0 Å². The molecule has 0 amide bonds. The molecule has 3 nitrogen and oxygen atoms in total. The van der Waals surface area contributed by atoms with Gasteiger partial charge in [0.1, 0.15) is 6.73 Å². The summed E-state index contributed by atoms with van der Waals surface area (Å²) in [5.41, 5.74) is 2.23. The van der Waals surface area contributed by atoms with Crippen LogP contribution in [0.1, 0.15) is 5.56 Å². The quantitative estimate of drug-likeness (QED) is 0.374. The van der Waals surface area contributed by atoms with Crippen molar-refractivity contribution in [2.45, 2.75) is 37.7 Å². The van der Waals surface area contributed by atoms with Crippen LogP contribution in [0.4, 0.5) is 0 Å². The second kappa shape index (κ2) is 6.73.